The Morgan fingerprint density at radius 3 is 2.69 bits per heavy atom. The lowest BCUT2D eigenvalue weighted by molar-refractivity contribution is 0.549. The van der Waals surface area contributed by atoms with Crippen molar-refractivity contribution < 1.29 is 8.42 Å². The van der Waals surface area contributed by atoms with E-state index in [1.807, 2.05) is 13.8 Å². The molecule has 5 heteroatoms. The van der Waals surface area contributed by atoms with Crippen LogP contribution in [0.2, 0.25) is 0 Å². The maximum atomic E-state index is 11.6. The summed E-state index contributed by atoms with van der Waals surface area (Å²) >= 11 is 0. The Morgan fingerprint density at radius 2 is 2.23 bits per heavy atom. The van der Waals surface area contributed by atoms with E-state index in [2.05, 4.69) is 10.0 Å². The van der Waals surface area contributed by atoms with Crippen molar-refractivity contribution in [1.82, 2.24) is 10.0 Å². The van der Waals surface area contributed by atoms with Crippen LogP contribution in [0.5, 0.6) is 0 Å². The molecule has 0 radical (unpaired) electrons. The van der Waals surface area contributed by atoms with Gasteiger partial charge < -0.3 is 5.32 Å². The number of nitrogens with one attached hydrogen (secondary N) is 2. The van der Waals surface area contributed by atoms with Gasteiger partial charge in [-0.2, -0.15) is 0 Å². The monoisotopic (exact) mass is 206 g/mol. The molecule has 1 atom stereocenters. The summed E-state index contributed by atoms with van der Waals surface area (Å²) in [4.78, 5) is 0. The zero-order chi connectivity index (χ0) is 9.90. The summed E-state index contributed by atoms with van der Waals surface area (Å²) in [6.45, 7) is 5.93. The second kappa shape index (κ2) is 4.39. The second-order valence-corrected chi connectivity index (χ2v) is 5.95. The highest BCUT2D eigenvalue weighted by atomic mass is 32.2. The molecule has 0 amide bonds. The van der Waals surface area contributed by atoms with Gasteiger partial charge in [-0.05, 0) is 18.9 Å². The molecule has 0 spiro atoms. The van der Waals surface area contributed by atoms with Crippen molar-refractivity contribution in [3.8, 4) is 0 Å². The van der Waals surface area contributed by atoms with E-state index in [0.717, 1.165) is 13.0 Å². The molecule has 1 fully saturated rings. The van der Waals surface area contributed by atoms with E-state index in [4.69, 9.17) is 0 Å². The van der Waals surface area contributed by atoms with Crippen molar-refractivity contribution in [1.29, 1.82) is 0 Å². The molecule has 1 rings (SSSR count). The summed E-state index contributed by atoms with van der Waals surface area (Å²) in [5, 5.41) is 2.82. The number of sulfonamides is 1. The third-order valence-corrected chi connectivity index (χ3v) is 4.00. The van der Waals surface area contributed by atoms with Crippen molar-refractivity contribution in [2.45, 2.75) is 25.5 Å². The van der Waals surface area contributed by atoms with E-state index in [9.17, 15) is 8.42 Å². The molecule has 4 nitrogen and oxygen atoms in total. The van der Waals surface area contributed by atoms with Crippen LogP contribution in [-0.2, 0) is 10.0 Å². The predicted octanol–water partition coefficient (Wildman–Crippen LogP) is -0.0763. The number of hydrogen-bond acceptors (Lipinski definition) is 3. The summed E-state index contributed by atoms with van der Waals surface area (Å²) in [6, 6.07) is 0. The Labute approximate surface area is 80.1 Å². The van der Waals surface area contributed by atoms with Crippen LogP contribution in [0.4, 0.5) is 0 Å². The van der Waals surface area contributed by atoms with Crippen LogP contribution in [0.3, 0.4) is 0 Å². The zero-order valence-corrected chi connectivity index (χ0v) is 9.02. The molecule has 0 aromatic carbocycles. The summed E-state index contributed by atoms with van der Waals surface area (Å²) in [7, 11) is -3.07. The van der Waals surface area contributed by atoms with Crippen molar-refractivity contribution in [2.75, 3.05) is 19.6 Å². The maximum Gasteiger partial charge on any atom is 0.215 e. The van der Waals surface area contributed by atoms with Crippen LogP contribution >= 0.6 is 0 Å². The summed E-state index contributed by atoms with van der Waals surface area (Å²) < 4.78 is 25.8. The quantitative estimate of drug-likeness (QED) is 0.676. The minimum absolute atomic E-state index is 0.230. The second-order valence-electron chi connectivity index (χ2n) is 3.90. The lowest BCUT2D eigenvalue weighted by Crippen LogP contribution is -2.37. The average Bonchev–Trinajstić information content (AvgIpc) is 2.53. The van der Waals surface area contributed by atoms with Gasteiger partial charge in [0.2, 0.25) is 10.0 Å². The van der Waals surface area contributed by atoms with Gasteiger partial charge in [0.25, 0.3) is 0 Å². The van der Waals surface area contributed by atoms with Gasteiger partial charge in [0.05, 0.1) is 5.25 Å². The molecule has 0 bridgehead atoms. The Bertz CT molecular complexity index is 243. The standard InChI is InChI=1S/C8H18N2O2S/c1-7(2)5-10-13(11,12)8-3-4-9-6-8/h7-10H,3-6H2,1-2H3. The fourth-order valence-electron chi connectivity index (χ4n) is 1.29. The first kappa shape index (κ1) is 10.9. The lowest BCUT2D eigenvalue weighted by Gasteiger charge is -2.12. The molecule has 13 heavy (non-hydrogen) atoms. The van der Waals surface area contributed by atoms with Gasteiger partial charge in [0, 0.05) is 13.1 Å². The average molecular weight is 206 g/mol. The van der Waals surface area contributed by atoms with Gasteiger partial charge in [0.1, 0.15) is 0 Å². The molecular formula is C8H18N2O2S. The SMILES string of the molecule is CC(C)CNS(=O)(=O)C1CCNC1. The molecule has 0 aromatic heterocycles. The van der Waals surface area contributed by atoms with Crippen molar-refractivity contribution in [3.63, 3.8) is 0 Å². The third-order valence-electron chi connectivity index (χ3n) is 2.15. The Balaban J connectivity index is 2.45. The van der Waals surface area contributed by atoms with E-state index in [1.54, 1.807) is 0 Å². The van der Waals surface area contributed by atoms with Crippen LogP contribution < -0.4 is 10.0 Å². The van der Waals surface area contributed by atoms with E-state index in [-0.39, 0.29) is 5.25 Å². The van der Waals surface area contributed by atoms with Gasteiger partial charge in [-0.25, -0.2) is 13.1 Å². The van der Waals surface area contributed by atoms with Crippen LogP contribution in [0, 0.1) is 5.92 Å². The Morgan fingerprint density at radius 1 is 1.54 bits per heavy atom. The molecule has 0 saturated carbocycles. The summed E-state index contributed by atoms with van der Waals surface area (Å²) in [6.07, 6.45) is 0.730. The van der Waals surface area contributed by atoms with Crippen LogP contribution in [0.1, 0.15) is 20.3 Å². The van der Waals surface area contributed by atoms with E-state index >= 15 is 0 Å². The Kier molecular flexibility index (Phi) is 3.70. The van der Waals surface area contributed by atoms with Gasteiger partial charge in [0.15, 0.2) is 0 Å². The first-order chi connectivity index (χ1) is 6.02. The molecule has 78 valence electrons. The molecule has 0 aromatic rings. The fourth-order valence-corrected chi connectivity index (χ4v) is 2.86. The van der Waals surface area contributed by atoms with Crippen LogP contribution in [0.15, 0.2) is 0 Å². The molecule has 0 aliphatic carbocycles. The largest absolute Gasteiger partial charge is 0.315 e. The van der Waals surface area contributed by atoms with Gasteiger partial charge in [-0.3, -0.25) is 0 Å². The Hall–Kier alpha value is -0.130. The van der Waals surface area contributed by atoms with E-state index in [0.29, 0.717) is 19.0 Å². The van der Waals surface area contributed by atoms with Crippen molar-refractivity contribution >= 4 is 10.0 Å². The van der Waals surface area contributed by atoms with Crippen molar-refractivity contribution in [2.24, 2.45) is 5.92 Å². The lowest BCUT2D eigenvalue weighted by atomic mass is 10.2. The first-order valence-corrected chi connectivity index (χ1v) is 6.26. The number of hydrogen-bond donors (Lipinski definition) is 2. The van der Waals surface area contributed by atoms with Crippen molar-refractivity contribution in [3.05, 3.63) is 0 Å². The molecule has 1 heterocycles. The fraction of sp³-hybridized carbons (Fsp3) is 1.00. The minimum atomic E-state index is -3.07. The molecule has 1 saturated heterocycles. The van der Waals surface area contributed by atoms with Crippen LogP contribution in [0.25, 0.3) is 0 Å². The van der Waals surface area contributed by atoms with Gasteiger partial charge in [-0.1, -0.05) is 13.8 Å². The van der Waals surface area contributed by atoms with E-state index in [1.165, 1.54) is 0 Å². The molecule has 1 aliphatic heterocycles. The smallest absolute Gasteiger partial charge is 0.215 e. The third kappa shape index (κ3) is 3.25. The zero-order valence-electron chi connectivity index (χ0n) is 8.21. The maximum absolute atomic E-state index is 11.6. The first-order valence-electron chi connectivity index (χ1n) is 4.71. The highest BCUT2D eigenvalue weighted by Gasteiger charge is 2.27. The topological polar surface area (TPSA) is 58.2 Å². The summed E-state index contributed by atoms with van der Waals surface area (Å²) in [5.41, 5.74) is 0. The van der Waals surface area contributed by atoms with E-state index < -0.39 is 10.0 Å². The van der Waals surface area contributed by atoms with Gasteiger partial charge in [-0.15, -0.1) is 0 Å². The number of rotatable bonds is 4. The molecule has 1 aliphatic rings. The van der Waals surface area contributed by atoms with Gasteiger partial charge >= 0.3 is 0 Å². The highest BCUT2D eigenvalue weighted by Crippen LogP contribution is 2.08. The highest BCUT2D eigenvalue weighted by molar-refractivity contribution is 7.90. The molecular weight excluding hydrogens is 188 g/mol. The predicted molar refractivity (Wildman–Crippen MR) is 53.0 cm³/mol. The van der Waals surface area contributed by atoms with Crippen LogP contribution in [-0.4, -0.2) is 33.3 Å². The molecule has 1 unspecified atom stereocenters. The minimum Gasteiger partial charge on any atom is -0.315 e. The molecule has 2 N–H and O–H groups in total. The normalized spacial score (nSPS) is 24.1. The summed E-state index contributed by atoms with van der Waals surface area (Å²) in [5.74, 6) is 0.365.